The number of anilines is 1. The van der Waals surface area contributed by atoms with Gasteiger partial charge in [0.2, 0.25) is 0 Å². The summed E-state index contributed by atoms with van der Waals surface area (Å²) in [6.45, 7) is 3.01. The van der Waals surface area contributed by atoms with Crippen LogP contribution in [0, 0.1) is 6.92 Å². The molecule has 2 rings (SSSR count). The normalized spacial score (nSPS) is 21.1. The minimum Gasteiger partial charge on any atom is -0.369 e. The van der Waals surface area contributed by atoms with Crippen molar-refractivity contribution in [2.24, 2.45) is 0 Å². The molecule has 1 saturated heterocycles. The van der Waals surface area contributed by atoms with Crippen LogP contribution in [-0.2, 0) is 0 Å². The van der Waals surface area contributed by atoms with Gasteiger partial charge in [-0.15, -0.1) is 0 Å². The van der Waals surface area contributed by atoms with Crippen molar-refractivity contribution in [1.82, 2.24) is 9.97 Å². The Morgan fingerprint density at radius 1 is 1.57 bits per heavy atom. The number of aryl methyl sites for hydroxylation is 1. The maximum atomic E-state index is 4.17. The van der Waals surface area contributed by atoms with Crippen molar-refractivity contribution in [3.05, 3.63) is 18.1 Å². The van der Waals surface area contributed by atoms with Crippen molar-refractivity contribution in [2.45, 2.75) is 25.0 Å². The van der Waals surface area contributed by atoms with Crippen molar-refractivity contribution in [3.63, 3.8) is 0 Å². The number of hydrogen-bond donors (Lipinski definition) is 1. The fraction of sp³-hybridized carbons (Fsp3) is 0.600. The molecular formula is C10H15N3S. The molecule has 1 unspecified atom stereocenters. The molecular weight excluding hydrogens is 194 g/mol. The van der Waals surface area contributed by atoms with Crippen molar-refractivity contribution >= 4 is 17.6 Å². The van der Waals surface area contributed by atoms with Gasteiger partial charge in [0.25, 0.3) is 0 Å². The predicted molar refractivity (Wildman–Crippen MR) is 60.7 cm³/mol. The van der Waals surface area contributed by atoms with Crippen molar-refractivity contribution in [1.29, 1.82) is 0 Å². The van der Waals surface area contributed by atoms with Gasteiger partial charge < -0.3 is 5.32 Å². The zero-order chi connectivity index (χ0) is 9.80. The molecule has 2 heterocycles. The maximum absolute atomic E-state index is 4.17. The highest BCUT2D eigenvalue weighted by atomic mass is 32.2. The van der Waals surface area contributed by atoms with E-state index >= 15 is 0 Å². The zero-order valence-electron chi connectivity index (χ0n) is 8.36. The number of thioether (sulfide) groups is 1. The second-order valence-corrected chi connectivity index (χ2v) is 4.97. The first-order valence-corrected chi connectivity index (χ1v) is 6.03. The van der Waals surface area contributed by atoms with Crippen LogP contribution < -0.4 is 5.32 Å². The SMILES string of the molecule is Cc1cc(NCC2CCCS2)ncn1. The topological polar surface area (TPSA) is 37.8 Å². The molecule has 0 saturated carbocycles. The molecule has 0 bridgehead atoms. The first-order valence-electron chi connectivity index (χ1n) is 4.99. The highest BCUT2D eigenvalue weighted by Crippen LogP contribution is 2.25. The minimum absolute atomic E-state index is 0.769. The molecule has 14 heavy (non-hydrogen) atoms. The Bertz CT molecular complexity index is 297. The van der Waals surface area contributed by atoms with E-state index in [1.165, 1.54) is 18.6 Å². The van der Waals surface area contributed by atoms with E-state index in [0.29, 0.717) is 0 Å². The van der Waals surface area contributed by atoms with Gasteiger partial charge in [-0.05, 0) is 25.5 Å². The van der Waals surface area contributed by atoms with E-state index in [1.807, 2.05) is 13.0 Å². The van der Waals surface area contributed by atoms with Gasteiger partial charge in [-0.1, -0.05) is 0 Å². The first-order chi connectivity index (χ1) is 6.84. The van der Waals surface area contributed by atoms with Crippen LogP contribution in [-0.4, -0.2) is 27.5 Å². The van der Waals surface area contributed by atoms with Gasteiger partial charge in [0, 0.05) is 23.6 Å². The van der Waals surface area contributed by atoms with Gasteiger partial charge in [-0.2, -0.15) is 11.8 Å². The Kier molecular flexibility index (Phi) is 3.24. The molecule has 1 aliphatic rings. The van der Waals surface area contributed by atoms with Crippen LogP contribution in [0.4, 0.5) is 5.82 Å². The van der Waals surface area contributed by atoms with E-state index in [0.717, 1.165) is 23.3 Å². The molecule has 4 heteroatoms. The quantitative estimate of drug-likeness (QED) is 0.827. The standard InChI is InChI=1S/C10H15N3S/c1-8-5-10(13-7-12-8)11-6-9-3-2-4-14-9/h5,7,9H,2-4,6H2,1H3,(H,11,12,13). The molecule has 0 radical (unpaired) electrons. The van der Waals surface area contributed by atoms with Gasteiger partial charge in [0.1, 0.15) is 12.1 Å². The number of aromatic nitrogens is 2. The molecule has 1 atom stereocenters. The molecule has 0 spiro atoms. The summed E-state index contributed by atoms with van der Waals surface area (Å²) in [5.74, 6) is 2.26. The Morgan fingerprint density at radius 2 is 2.50 bits per heavy atom. The molecule has 1 aromatic rings. The van der Waals surface area contributed by atoms with Crippen molar-refractivity contribution < 1.29 is 0 Å². The predicted octanol–water partition coefficient (Wildman–Crippen LogP) is 2.09. The summed E-state index contributed by atoms with van der Waals surface area (Å²) in [7, 11) is 0. The average molecular weight is 209 g/mol. The molecule has 1 N–H and O–H groups in total. The summed E-state index contributed by atoms with van der Waals surface area (Å²) >= 11 is 2.06. The number of rotatable bonds is 3. The van der Waals surface area contributed by atoms with E-state index in [4.69, 9.17) is 0 Å². The third-order valence-corrected chi connectivity index (χ3v) is 3.74. The lowest BCUT2D eigenvalue weighted by atomic mass is 10.2. The van der Waals surface area contributed by atoms with Crippen LogP contribution >= 0.6 is 11.8 Å². The van der Waals surface area contributed by atoms with Crippen LogP contribution in [0.25, 0.3) is 0 Å². The molecule has 3 nitrogen and oxygen atoms in total. The fourth-order valence-electron chi connectivity index (χ4n) is 1.57. The van der Waals surface area contributed by atoms with E-state index in [-0.39, 0.29) is 0 Å². The fourth-order valence-corrected chi connectivity index (χ4v) is 2.78. The van der Waals surface area contributed by atoms with Crippen LogP contribution in [0.15, 0.2) is 12.4 Å². The largest absolute Gasteiger partial charge is 0.369 e. The monoisotopic (exact) mass is 209 g/mol. The number of nitrogens with zero attached hydrogens (tertiary/aromatic N) is 2. The lowest BCUT2D eigenvalue weighted by molar-refractivity contribution is 0.803. The maximum Gasteiger partial charge on any atom is 0.129 e. The summed E-state index contributed by atoms with van der Waals surface area (Å²) in [5.41, 5.74) is 1.02. The van der Waals surface area contributed by atoms with E-state index in [2.05, 4.69) is 27.0 Å². The van der Waals surface area contributed by atoms with Gasteiger partial charge >= 0.3 is 0 Å². The zero-order valence-corrected chi connectivity index (χ0v) is 9.18. The van der Waals surface area contributed by atoms with Gasteiger partial charge in [-0.3, -0.25) is 0 Å². The summed E-state index contributed by atoms with van der Waals surface area (Å²) in [4.78, 5) is 8.23. The van der Waals surface area contributed by atoms with E-state index in [9.17, 15) is 0 Å². The highest BCUT2D eigenvalue weighted by Gasteiger charge is 2.14. The summed E-state index contributed by atoms with van der Waals surface area (Å²) in [6.07, 6.45) is 4.31. The minimum atomic E-state index is 0.769. The third kappa shape index (κ3) is 2.61. The summed E-state index contributed by atoms with van der Waals surface area (Å²) in [5, 5.41) is 4.12. The Labute approximate surface area is 88.7 Å². The van der Waals surface area contributed by atoms with E-state index < -0.39 is 0 Å². The molecule has 0 aromatic carbocycles. The Hall–Kier alpha value is -0.770. The third-order valence-electron chi connectivity index (χ3n) is 2.34. The lowest BCUT2D eigenvalue weighted by Crippen LogP contribution is -2.14. The Balaban J connectivity index is 1.85. The first kappa shape index (κ1) is 9.77. The molecule has 76 valence electrons. The Morgan fingerprint density at radius 3 is 3.21 bits per heavy atom. The van der Waals surface area contributed by atoms with Crippen LogP contribution in [0.2, 0.25) is 0 Å². The van der Waals surface area contributed by atoms with Crippen molar-refractivity contribution in [2.75, 3.05) is 17.6 Å². The van der Waals surface area contributed by atoms with Gasteiger partial charge in [0.05, 0.1) is 0 Å². The second-order valence-electron chi connectivity index (χ2n) is 3.56. The van der Waals surface area contributed by atoms with Crippen LogP contribution in [0.5, 0.6) is 0 Å². The van der Waals surface area contributed by atoms with Crippen molar-refractivity contribution in [3.8, 4) is 0 Å². The average Bonchev–Trinajstić information content (AvgIpc) is 2.67. The molecule has 0 amide bonds. The van der Waals surface area contributed by atoms with E-state index in [1.54, 1.807) is 6.33 Å². The highest BCUT2D eigenvalue weighted by molar-refractivity contribution is 8.00. The van der Waals surface area contributed by atoms with Crippen LogP contribution in [0.1, 0.15) is 18.5 Å². The van der Waals surface area contributed by atoms with Gasteiger partial charge in [0.15, 0.2) is 0 Å². The number of hydrogen-bond acceptors (Lipinski definition) is 4. The smallest absolute Gasteiger partial charge is 0.129 e. The molecule has 1 aliphatic heterocycles. The lowest BCUT2D eigenvalue weighted by Gasteiger charge is -2.10. The van der Waals surface area contributed by atoms with Crippen LogP contribution in [0.3, 0.4) is 0 Å². The van der Waals surface area contributed by atoms with Gasteiger partial charge in [-0.25, -0.2) is 9.97 Å². The molecule has 1 aromatic heterocycles. The second kappa shape index (κ2) is 4.64. The number of nitrogens with one attached hydrogen (secondary N) is 1. The summed E-state index contributed by atoms with van der Waals surface area (Å²) < 4.78 is 0. The molecule has 0 aliphatic carbocycles. The summed E-state index contributed by atoms with van der Waals surface area (Å²) in [6, 6.07) is 1.99. The molecule has 1 fully saturated rings.